The second-order valence-corrected chi connectivity index (χ2v) is 5.50. The van der Waals surface area contributed by atoms with Crippen LogP contribution < -0.4 is 0 Å². The summed E-state index contributed by atoms with van der Waals surface area (Å²) in [5.74, 6) is -0.0476. The largest absolute Gasteiger partial charge is 0.289 e. The molecular weight excluding hydrogens is 370 g/mol. The molecule has 0 spiro atoms. The summed E-state index contributed by atoms with van der Waals surface area (Å²) in [7, 11) is 0. The van der Waals surface area contributed by atoms with Gasteiger partial charge < -0.3 is 0 Å². The predicted molar refractivity (Wildman–Crippen MR) is 79.1 cm³/mol. The summed E-state index contributed by atoms with van der Waals surface area (Å²) in [6, 6.07) is 12.1. The number of halogens is 3. The maximum absolute atomic E-state index is 12.2. The maximum atomic E-state index is 12.2. The Hall–Kier alpha value is -0.580. The van der Waals surface area contributed by atoms with Gasteiger partial charge in [0.25, 0.3) is 0 Å². The van der Waals surface area contributed by atoms with Gasteiger partial charge in [-0.2, -0.15) is 0 Å². The Bertz CT molecular complexity index is 564. The third-order valence-corrected chi connectivity index (χ3v) is 3.71. The maximum Gasteiger partial charge on any atom is 0.194 e. The molecule has 0 aliphatic rings. The van der Waals surface area contributed by atoms with Crippen LogP contribution in [-0.4, -0.2) is 5.78 Å². The molecular formula is C13H7Cl2IO. The second-order valence-electron chi connectivity index (χ2n) is 3.46. The van der Waals surface area contributed by atoms with Crippen molar-refractivity contribution in [3.05, 3.63) is 67.2 Å². The number of carbonyl (C=O) groups excluding carboxylic acids is 1. The average Bonchev–Trinajstić information content (AvgIpc) is 2.32. The molecule has 0 saturated carbocycles. The third kappa shape index (κ3) is 3.00. The van der Waals surface area contributed by atoms with Gasteiger partial charge in [-0.1, -0.05) is 23.2 Å². The molecule has 0 N–H and O–H groups in total. The molecule has 1 nitrogen and oxygen atoms in total. The van der Waals surface area contributed by atoms with E-state index in [2.05, 4.69) is 22.6 Å². The van der Waals surface area contributed by atoms with E-state index in [0.717, 1.165) is 3.57 Å². The average molecular weight is 377 g/mol. The first-order valence-electron chi connectivity index (χ1n) is 4.83. The summed E-state index contributed by atoms with van der Waals surface area (Å²) in [5.41, 5.74) is 1.22. The van der Waals surface area contributed by atoms with Crippen molar-refractivity contribution in [2.75, 3.05) is 0 Å². The quantitative estimate of drug-likeness (QED) is 0.542. The van der Waals surface area contributed by atoms with Gasteiger partial charge >= 0.3 is 0 Å². The van der Waals surface area contributed by atoms with Crippen molar-refractivity contribution in [1.29, 1.82) is 0 Å². The van der Waals surface area contributed by atoms with Gasteiger partial charge in [-0.15, -0.1) is 0 Å². The molecule has 0 fully saturated rings. The molecule has 2 rings (SSSR count). The Morgan fingerprint density at radius 3 is 2.18 bits per heavy atom. The van der Waals surface area contributed by atoms with E-state index in [1.165, 1.54) is 0 Å². The summed E-state index contributed by atoms with van der Waals surface area (Å²) in [5, 5.41) is 1.17. The van der Waals surface area contributed by atoms with Crippen molar-refractivity contribution in [2.24, 2.45) is 0 Å². The molecule has 86 valence electrons. The smallest absolute Gasteiger partial charge is 0.194 e. The second kappa shape index (κ2) is 5.38. The van der Waals surface area contributed by atoms with Gasteiger partial charge in [0.2, 0.25) is 0 Å². The SMILES string of the molecule is O=C(c1ccc(Cl)cc1)c1cc(Cl)ccc1I. The van der Waals surface area contributed by atoms with Gasteiger partial charge in [-0.3, -0.25) is 4.79 Å². The lowest BCUT2D eigenvalue weighted by molar-refractivity contribution is 0.103. The molecule has 0 aliphatic carbocycles. The number of hydrogen-bond donors (Lipinski definition) is 0. The van der Waals surface area contributed by atoms with E-state index in [1.54, 1.807) is 36.4 Å². The Balaban J connectivity index is 2.43. The molecule has 2 aromatic rings. The molecule has 2 aromatic carbocycles. The fourth-order valence-corrected chi connectivity index (χ4v) is 2.31. The molecule has 17 heavy (non-hydrogen) atoms. The number of rotatable bonds is 2. The van der Waals surface area contributed by atoms with Crippen molar-refractivity contribution >= 4 is 51.6 Å². The molecule has 0 aliphatic heterocycles. The Labute approximate surface area is 123 Å². The van der Waals surface area contributed by atoms with E-state index >= 15 is 0 Å². The van der Waals surface area contributed by atoms with Gasteiger partial charge in [-0.25, -0.2) is 0 Å². The van der Waals surface area contributed by atoms with Crippen molar-refractivity contribution < 1.29 is 4.79 Å². The molecule has 0 amide bonds. The van der Waals surface area contributed by atoms with Crippen molar-refractivity contribution in [3.8, 4) is 0 Å². The molecule has 0 bridgehead atoms. The van der Waals surface area contributed by atoms with Crippen molar-refractivity contribution in [3.63, 3.8) is 0 Å². The van der Waals surface area contributed by atoms with Gasteiger partial charge in [0, 0.05) is 24.7 Å². The Morgan fingerprint density at radius 2 is 1.53 bits per heavy atom. The lowest BCUT2D eigenvalue weighted by atomic mass is 10.0. The van der Waals surface area contributed by atoms with Crippen molar-refractivity contribution in [1.82, 2.24) is 0 Å². The molecule has 0 aromatic heterocycles. The van der Waals surface area contributed by atoms with Crippen LogP contribution in [-0.2, 0) is 0 Å². The first-order valence-corrected chi connectivity index (χ1v) is 6.67. The van der Waals surface area contributed by atoms with Gasteiger partial charge in [0.1, 0.15) is 0 Å². The first-order chi connectivity index (χ1) is 8.08. The highest BCUT2D eigenvalue weighted by atomic mass is 127. The van der Waals surface area contributed by atoms with Gasteiger partial charge in [-0.05, 0) is 65.1 Å². The van der Waals surface area contributed by atoms with E-state index in [4.69, 9.17) is 23.2 Å². The fraction of sp³-hybridized carbons (Fsp3) is 0. The minimum absolute atomic E-state index is 0.0476. The zero-order chi connectivity index (χ0) is 12.4. The van der Waals surface area contributed by atoms with E-state index < -0.39 is 0 Å². The number of carbonyl (C=O) groups is 1. The van der Waals surface area contributed by atoms with Crippen LogP contribution in [0.25, 0.3) is 0 Å². The fourth-order valence-electron chi connectivity index (χ4n) is 1.43. The molecule has 0 unspecified atom stereocenters. The highest BCUT2D eigenvalue weighted by Crippen LogP contribution is 2.21. The number of hydrogen-bond acceptors (Lipinski definition) is 1. The van der Waals surface area contributed by atoms with E-state index in [9.17, 15) is 4.79 Å². The molecule has 0 saturated heterocycles. The lowest BCUT2D eigenvalue weighted by Gasteiger charge is -2.04. The lowest BCUT2D eigenvalue weighted by Crippen LogP contribution is -2.03. The summed E-state index contributed by atoms with van der Waals surface area (Å²) >= 11 is 13.8. The summed E-state index contributed by atoms with van der Waals surface area (Å²) in [6.07, 6.45) is 0. The normalized spacial score (nSPS) is 10.3. The zero-order valence-corrected chi connectivity index (χ0v) is 12.3. The van der Waals surface area contributed by atoms with Crippen LogP contribution in [0, 0.1) is 3.57 Å². The topological polar surface area (TPSA) is 17.1 Å². The summed E-state index contributed by atoms with van der Waals surface area (Å²) in [6.45, 7) is 0. The molecule has 0 heterocycles. The van der Waals surface area contributed by atoms with Gasteiger partial charge in [0.05, 0.1) is 0 Å². The minimum atomic E-state index is -0.0476. The van der Waals surface area contributed by atoms with Crippen LogP contribution >= 0.6 is 45.8 Å². The summed E-state index contributed by atoms with van der Waals surface area (Å²) in [4.78, 5) is 12.2. The van der Waals surface area contributed by atoms with E-state index in [-0.39, 0.29) is 5.78 Å². The minimum Gasteiger partial charge on any atom is -0.289 e. The van der Waals surface area contributed by atoms with Crippen LogP contribution in [0.3, 0.4) is 0 Å². The van der Waals surface area contributed by atoms with Gasteiger partial charge in [0.15, 0.2) is 5.78 Å². The zero-order valence-electron chi connectivity index (χ0n) is 8.58. The highest BCUT2D eigenvalue weighted by molar-refractivity contribution is 14.1. The van der Waals surface area contributed by atoms with Crippen LogP contribution in [0.5, 0.6) is 0 Å². The van der Waals surface area contributed by atoms with Crippen LogP contribution in [0.1, 0.15) is 15.9 Å². The first kappa shape index (κ1) is 12.9. The molecule has 0 atom stereocenters. The monoisotopic (exact) mass is 376 g/mol. The van der Waals surface area contributed by atoms with Crippen LogP contribution in [0.2, 0.25) is 10.0 Å². The van der Waals surface area contributed by atoms with Crippen LogP contribution in [0.15, 0.2) is 42.5 Å². The standard InChI is InChI=1S/C13H7Cl2IO/c14-9-3-1-8(2-4-9)13(17)11-7-10(15)5-6-12(11)16/h1-7H. The summed E-state index contributed by atoms with van der Waals surface area (Å²) < 4.78 is 0.881. The number of benzene rings is 2. The predicted octanol–water partition coefficient (Wildman–Crippen LogP) is 4.83. The number of ketones is 1. The third-order valence-electron chi connectivity index (χ3n) is 2.28. The Kier molecular flexibility index (Phi) is 4.07. The van der Waals surface area contributed by atoms with E-state index in [0.29, 0.717) is 21.2 Å². The molecule has 0 radical (unpaired) electrons. The highest BCUT2D eigenvalue weighted by Gasteiger charge is 2.12. The van der Waals surface area contributed by atoms with Crippen molar-refractivity contribution in [2.45, 2.75) is 0 Å². The molecule has 4 heteroatoms. The van der Waals surface area contributed by atoms with E-state index in [1.807, 2.05) is 6.07 Å². The van der Waals surface area contributed by atoms with Crippen LogP contribution in [0.4, 0.5) is 0 Å². The Morgan fingerprint density at radius 1 is 0.941 bits per heavy atom.